The van der Waals surface area contributed by atoms with Crippen LogP contribution in [0.4, 0.5) is 0 Å². The summed E-state index contributed by atoms with van der Waals surface area (Å²) in [6, 6.07) is 17.2. The Morgan fingerprint density at radius 3 is 2.78 bits per heavy atom. The Kier molecular flexibility index (Phi) is 5.66. The lowest BCUT2D eigenvalue weighted by molar-refractivity contribution is -0.0568. The molecule has 4 heterocycles. The molecule has 0 amide bonds. The van der Waals surface area contributed by atoms with Gasteiger partial charge in [-0.1, -0.05) is 24.3 Å². The van der Waals surface area contributed by atoms with Gasteiger partial charge < -0.3 is 9.47 Å². The third-order valence-corrected chi connectivity index (χ3v) is 7.04. The van der Waals surface area contributed by atoms with Crippen molar-refractivity contribution in [2.24, 2.45) is 11.8 Å². The van der Waals surface area contributed by atoms with E-state index in [1.165, 1.54) is 0 Å². The number of ether oxygens (including phenoxy) is 2. The predicted octanol–water partition coefficient (Wildman–Crippen LogP) is 5.04. The van der Waals surface area contributed by atoms with Crippen molar-refractivity contribution >= 4 is 16.9 Å². The number of carbonyl (C=O) groups is 1. The van der Waals surface area contributed by atoms with Crippen molar-refractivity contribution in [2.75, 3.05) is 20.2 Å². The Morgan fingerprint density at radius 2 is 2.06 bits per heavy atom. The topological polar surface area (TPSA) is 51.7 Å². The van der Waals surface area contributed by atoms with Gasteiger partial charge in [0.2, 0.25) is 0 Å². The molecular weight excluding hydrogens is 400 g/mol. The van der Waals surface area contributed by atoms with Crippen LogP contribution in [0, 0.1) is 11.8 Å². The van der Waals surface area contributed by atoms with Crippen molar-refractivity contribution in [3.8, 4) is 5.75 Å². The zero-order valence-corrected chi connectivity index (χ0v) is 18.3. The van der Waals surface area contributed by atoms with Gasteiger partial charge in [-0.05, 0) is 67.6 Å². The molecule has 3 aliphatic rings. The highest BCUT2D eigenvalue weighted by atomic mass is 16.5. The first kappa shape index (κ1) is 20.7. The number of aromatic nitrogens is 1. The molecule has 3 saturated heterocycles. The zero-order chi connectivity index (χ0) is 22.1. The van der Waals surface area contributed by atoms with Crippen molar-refractivity contribution in [1.82, 2.24) is 9.88 Å². The fourth-order valence-corrected chi connectivity index (χ4v) is 5.32. The lowest BCUT2D eigenvalue weighted by Gasteiger charge is -2.51. The largest absolute Gasteiger partial charge is 0.497 e. The second-order valence-corrected chi connectivity index (χ2v) is 8.72. The van der Waals surface area contributed by atoms with Gasteiger partial charge in [0.1, 0.15) is 11.9 Å². The van der Waals surface area contributed by atoms with E-state index in [4.69, 9.17) is 9.47 Å². The summed E-state index contributed by atoms with van der Waals surface area (Å²) in [4.78, 5) is 20.2. The van der Waals surface area contributed by atoms with Gasteiger partial charge in [0, 0.05) is 23.7 Å². The van der Waals surface area contributed by atoms with Gasteiger partial charge in [0.05, 0.1) is 24.2 Å². The van der Waals surface area contributed by atoms with Crippen LogP contribution in [-0.4, -0.2) is 42.1 Å². The van der Waals surface area contributed by atoms with Crippen molar-refractivity contribution in [3.63, 3.8) is 0 Å². The fourth-order valence-electron chi connectivity index (χ4n) is 5.32. The second kappa shape index (κ2) is 8.75. The van der Waals surface area contributed by atoms with Crippen LogP contribution in [-0.2, 0) is 4.74 Å². The molecule has 5 heteroatoms. The highest BCUT2D eigenvalue weighted by Crippen LogP contribution is 2.43. The van der Waals surface area contributed by atoms with Crippen LogP contribution in [0.25, 0.3) is 10.9 Å². The number of carbonyl (C=O) groups excluding carboxylic acids is 1. The van der Waals surface area contributed by atoms with Gasteiger partial charge in [-0.25, -0.2) is 4.79 Å². The molecule has 3 fully saturated rings. The Morgan fingerprint density at radius 1 is 1.22 bits per heavy atom. The lowest BCUT2D eigenvalue weighted by Crippen LogP contribution is -2.55. The number of hydrogen-bond donors (Lipinski definition) is 0. The average molecular weight is 429 g/mol. The summed E-state index contributed by atoms with van der Waals surface area (Å²) >= 11 is 0. The van der Waals surface area contributed by atoms with E-state index in [-0.39, 0.29) is 12.0 Å². The standard InChI is InChI=1S/C27H28N2O3/c1-3-18-17-29-14-12-20(18)15-25(29)26(32-27(30)19-7-5-4-6-8-19)22-11-13-28-24-10-9-21(31-2)16-23(22)24/h3-11,13,16,18,20,25-26H,1,12,14-15,17H2,2H3/t18-,20+,25+,26-/m0/s1. The molecule has 3 aromatic rings. The Labute approximate surface area is 188 Å². The highest BCUT2D eigenvalue weighted by molar-refractivity contribution is 5.90. The number of piperidine rings is 3. The molecule has 0 radical (unpaired) electrons. The summed E-state index contributed by atoms with van der Waals surface area (Å²) < 4.78 is 11.8. The number of nitrogens with zero attached hydrogens (tertiary/aromatic N) is 2. The van der Waals surface area contributed by atoms with Gasteiger partial charge in [-0.2, -0.15) is 0 Å². The molecule has 5 atom stereocenters. The molecule has 1 unspecified atom stereocenters. The third kappa shape index (κ3) is 3.78. The summed E-state index contributed by atoms with van der Waals surface area (Å²) in [6.45, 7) is 6.03. The summed E-state index contributed by atoms with van der Waals surface area (Å²) in [5.74, 6) is 1.53. The highest BCUT2D eigenvalue weighted by Gasteiger charge is 2.44. The molecule has 32 heavy (non-hydrogen) atoms. The maximum absolute atomic E-state index is 13.2. The van der Waals surface area contributed by atoms with E-state index in [2.05, 4.69) is 22.5 Å². The van der Waals surface area contributed by atoms with E-state index in [9.17, 15) is 4.79 Å². The third-order valence-electron chi connectivity index (χ3n) is 7.04. The molecule has 1 aromatic heterocycles. The van der Waals surface area contributed by atoms with Gasteiger partial charge in [-0.15, -0.1) is 6.58 Å². The van der Waals surface area contributed by atoms with Crippen LogP contribution in [0.5, 0.6) is 5.75 Å². The van der Waals surface area contributed by atoms with E-state index >= 15 is 0 Å². The van der Waals surface area contributed by atoms with Crippen LogP contribution < -0.4 is 4.74 Å². The Balaban J connectivity index is 1.57. The second-order valence-electron chi connectivity index (χ2n) is 8.72. The number of hydrogen-bond acceptors (Lipinski definition) is 5. The molecule has 2 aromatic carbocycles. The maximum Gasteiger partial charge on any atom is 0.338 e. The SMILES string of the molecule is C=C[C@H]1CN2CC[C@@H]1C[C@@H]2[C@@H](OC(=O)c1ccccc1)c1ccnc2ccc(OC)cc12. The minimum atomic E-state index is -0.395. The number of pyridine rings is 1. The fraction of sp³-hybridized carbons (Fsp3) is 0.333. The van der Waals surface area contributed by atoms with Crippen LogP contribution in [0.2, 0.25) is 0 Å². The van der Waals surface area contributed by atoms with Gasteiger partial charge in [-0.3, -0.25) is 9.88 Å². The predicted molar refractivity (Wildman–Crippen MR) is 125 cm³/mol. The molecule has 164 valence electrons. The molecule has 0 aliphatic carbocycles. The number of benzene rings is 2. The Hall–Kier alpha value is -3.18. The minimum Gasteiger partial charge on any atom is -0.497 e. The molecule has 5 nitrogen and oxygen atoms in total. The van der Waals surface area contributed by atoms with E-state index < -0.39 is 6.10 Å². The molecule has 2 bridgehead atoms. The smallest absolute Gasteiger partial charge is 0.338 e. The monoisotopic (exact) mass is 428 g/mol. The normalized spacial score (nSPS) is 25.3. The van der Waals surface area contributed by atoms with Crippen LogP contribution in [0.1, 0.15) is 34.9 Å². The summed E-state index contributed by atoms with van der Waals surface area (Å²) in [7, 11) is 1.66. The van der Waals surface area contributed by atoms with Crippen LogP contribution >= 0.6 is 0 Å². The molecular formula is C27H28N2O3. The summed E-state index contributed by atoms with van der Waals surface area (Å²) in [5, 5.41) is 0.959. The van der Waals surface area contributed by atoms with Gasteiger partial charge in [0.25, 0.3) is 0 Å². The zero-order valence-electron chi connectivity index (χ0n) is 18.3. The average Bonchev–Trinajstić information content (AvgIpc) is 2.87. The van der Waals surface area contributed by atoms with Crippen molar-refractivity contribution in [3.05, 3.63) is 84.6 Å². The maximum atomic E-state index is 13.2. The van der Waals surface area contributed by atoms with Crippen molar-refractivity contribution in [2.45, 2.75) is 25.0 Å². The molecule has 0 saturated carbocycles. The molecule has 0 N–H and O–H groups in total. The van der Waals surface area contributed by atoms with Crippen LogP contribution in [0.3, 0.4) is 0 Å². The van der Waals surface area contributed by atoms with Crippen molar-refractivity contribution < 1.29 is 14.3 Å². The van der Waals surface area contributed by atoms with E-state index in [1.807, 2.05) is 42.5 Å². The first-order valence-corrected chi connectivity index (χ1v) is 11.2. The van der Waals surface area contributed by atoms with E-state index in [1.54, 1.807) is 25.4 Å². The van der Waals surface area contributed by atoms with Crippen molar-refractivity contribution in [1.29, 1.82) is 0 Å². The van der Waals surface area contributed by atoms with E-state index in [0.717, 1.165) is 48.1 Å². The summed E-state index contributed by atoms with van der Waals surface area (Å²) in [6.07, 6.45) is 5.64. The first-order valence-electron chi connectivity index (χ1n) is 11.2. The minimum absolute atomic E-state index is 0.120. The number of rotatable bonds is 6. The number of methoxy groups -OCH3 is 1. The number of fused-ring (bicyclic) bond motifs is 4. The van der Waals surface area contributed by atoms with Gasteiger partial charge in [0.15, 0.2) is 0 Å². The lowest BCUT2D eigenvalue weighted by atomic mass is 9.73. The quantitative estimate of drug-likeness (QED) is 0.407. The van der Waals surface area contributed by atoms with E-state index in [0.29, 0.717) is 17.4 Å². The van der Waals surface area contributed by atoms with Gasteiger partial charge >= 0.3 is 5.97 Å². The first-order chi connectivity index (χ1) is 15.7. The molecule has 3 aliphatic heterocycles. The number of esters is 1. The Bertz CT molecular complexity index is 1130. The summed E-state index contributed by atoms with van der Waals surface area (Å²) in [5.41, 5.74) is 2.41. The molecule has 6 rings (SSSR count). The molecule has 0 spiro atoms. The van der Waals surface area contributed by atoms with Crippen LogP contribution in [0.15, 0.2) is 73.4 Å².